The summed E-state index contributed by atoms with van der Waals surface area (Å²) >= 11 is 0. The van der Waals surface area contributed by atoms with Crippen molar-refractivity contribution < 1.29 is 29.4 Å². The van der Waals surface area contributed by atoms with E-state index in [2.05, 4.69) is 118 Å². The van der Waals surface area contributed by atoms with Gasteiger partial charge in [-0.1, -0.05) is 135 Å². The Balaban J connectivity index is 0.000000233. The van der Waals surface area contributed by atoms with Gasteiger partial charge in [0, 0.05) is 51.1 Å². The highest BCUT2D eigenvalue weighted by Gasteiger charge is 2.27. The molecule has 2 heterocycles. The maximum absolute atomic E-state index is 12.5. The van der Waals surface area contributed by atoms with Crippen molar-refractivity contribution in [3.05, 3.63) is 144 Å². The van der Waals surface area contributed by atoms with E-state index in [1.54, 1.807) is 0 Å². The molecule has 0 aromatic heterocycles. The minimum absolute atomic E-state index is 0.228. The van der Waals surface area contributed by atoms with Gasteiger partial charge in [0.1, 0.15) is 0 Å². The Kier molecular flexibility index (Phi) is 20.0. The van der Waals surface area contributed by atoms with Crippen LogP contribution >= 0.6 is 0 Å². The Bertz CT molecular complexity index is 1710. The molecule has 0 radical (unpaired) electrons. The number of carbonyl (C=O) groups is 4. The molecule has 0 aliphatic carbocycles. The summed E-state index contributed by atoms with van der Waals surface area (Å²) in [6, 6.07) is 42.9. The average molecular weight is 819 g/mol. The van der Waals surface area contributed by atoms with Crippen molar-refractivity contribution in [1.29, 1.82) is 0 Å². The number of carbonyl (C=O) groups excluding carboxylic acids is 2. The second-order valence-electron chi connectivity index (χ2n) is 16.0. The van der Waals surface area contributed by atoms with Gasteiger partial charge in [-0.2, -0.15) is 0 Å². The molecule has 10 heteroatoms. The fourth-order valence-corrected chi connectivity index (χ4v) is 8.24. The molecule has 2 aliphatic rings. The Morgan fingerprint density at radius 2 is 0.800 bits per heavy atom. The maximum Gasteiger partial charge on any atom is 0.414 e. The Hall–Kier alpha value is -5.32. The highest BCUT2D eigenvalue weighted by atomic mass is 16.4. The number of likely N-dealkylation sites (tertiary alicyclic amines) is 2. The van der Waals surface area contributed by atoms with Gasteiger partial charge in [0.2, 0.25) is 11.8 Å². The zero-order valence-corrected chi connectivity index (χ0v) is 36.1. The van der Waals surface area contributed by atoms with E-state index >= 15 is 0 Å². The summed E-state index contributed by atoms with van der Waals surface area (Å²) in [5, 5.41) is 14.8. The van der Waals surface area contributed by atoms with E-state index in [0.717, 1.165) is 39.3 Å². The van der Waals surface area contributed by atoms with Crippen molar-refractivity contribution >= 4 is 23.8 Å². The summed E-state index contributed by atoms with van der Waals surface area (Å²) in [7, 11) is 0. The number of amides is 2. The highest BCUT2D eigenvalue weighted by molar-refractivity contribution is 6.27. The van der Waals surface area contributed by atoms with Crippen molar-refractivity contribution in [3.63, 3.8) is 0 Å². The van der Waals surface area contributed by atoms with Crippen LogP contribution in [0.2, 0.25) is 0 Å². The molecule has 0 bridgehead atoms. The smallest absolute Gasteiger partial charge is 0.414 e. The number of aliphatic carboxylic acids is 2. The van der Waals surface area contributed by atoms with Crippen molar-refractivity contribution in [2.45, 2.75) is 103 Å². The molecule has 322 valence electrons. The van der Waals surface area contributed by atoms with Crippen LogP contribution in [0.25, 0.3) is 0 Å². The lowest BCUT2D eigenvalue weighted by Gasteiger charge is -2.37. The lowest BCUT2D eigenvalue weighted by molar-refractivity contribution is -0.159. The first-order valence-electron chi connectivity index (χ1n) is 21.7. The van der Waals surface area contributed by atoms with E-state index in [1.807, 2.05) is 50.2 Å². The molecule has 2 N–H and O–H groups in total. The first-order chi connectivity index (χ1) is 29.0. The third-order valence-electron chi connectivity index (χ3n) is 11.6. The molecular weight excluding hydrogens is 753 g/mol. The molecule has 6 rings (SSSR count). The predicted molar refractivity (Wildman–Crippen MR) is 238 cm³/mol. The second kappa shape index (κ2) is 25.3. The molecule has 2 fully saturated rings. The largest absolute Gasteiger partial charge is 0.473 e. The average Bonchev–Trinajstić information content (AvgIpc) is 3.29. The summed E-state index contributed by atoms with van der Waals surface area (Å²) in [5.41, 5.74) is 5.34. The summed E-state index contributed by atoms with van der Waals surface area (Å²) in [5.74, 6) is -1.81. The number of rotatable bonds is 14. The second-order valence-corrected chi connectivity index (χ2v) is 16.0. The van der Waals surface area contributed by atoms with E-state index in [0.29, 0.717) is 37.8 Å². The molecule has 60 heavy (non-hydrogen) atoms. The van der Waals surface area contributed by atoms with E-state index in [1.165, 1.54) is 47.9 Å². The van der Waals surface area contributed by atoms with Crippen molar-refractivity contribution in [1.82, 2.24) is 19.6 Å². The number of hydrogen-bond acceptors (Lipinski definition) is 6. The lowest BCUT2D eigenvalue weighted by Crippen LogP contribution is -2.46. The van der Waals surface area contributed by atoms with Crippen molar-refractivity contribution in [2.24, 2.45) is 0 Å². The van der Waals surface area contributed by atoms with Gasteiger partial charge in [0.15, 0.2) is 0 Å². The highest BCUT2D eigenvalue weighted by Crippen LogP contribution is 2.29. The van der Waals surface area contributed by atoms with Gasteiger partial charge in [0.25, 0.3) is 0 Å². The zero-order valence-electron chi connectivity index (χ0n) is 36.1. The molecule has 2 amide bonds. The molecule has 2 unspecified atom stereocenters. The van der Waals surface area contributed by atoms with Gasteiger partial charge in [0.05, 0.1) is 0 Å². The first kappa shape index (κ1) is 47.4. The summed E-state index contributed by atoms with van der Waals surface area (Å²) in [6.07, 6.45) is 5.95. The third-order valence-corrected chi connectivity index (χ3v) is 11.6. The van der Waals surface area contributed by atoms with Crippen LogP contribution in [0.15, 0.2) is 121 Å². The van der Waals surface area contributed by atoms with E-state index in [-0.39, 0.29) is 23.9 Å². The van der Waals surface area contributed by atoms with Gasteiger partial charge in [-0.25, -0.2) is 9.59 Å². The van der Waals surface area contributed by atoms with Gasteiger partial charge < -0.3 is 29.8 Å². The molecule has 2 atom stereocenters. The summed E-state index contributed by atoms with van der Waals surface area (Å²) in [4.78, 5) is 52.5. The van der Waals surface area contributed by atoms with Crippen LogP contribution in [0.3, 0.4) is 0 Å². The Morgan fingerprint density at radius 1 is 0.517 bits per heavy atom. The van der Waals surface area contributed by atoms with E-state index in [9.17, 15) is 9.59 Å². The zero-order chi connectivity index (χ0) is 43.3. The van der Waals surface area contributed by atoms with Crippen LogP contribution in [-0.4, -0.2) is 105 Å². The van der Waals surface area contributed by atoms with Gasteiger partial charge in [-0.3, -0.25) is 9.59 Å². The third kappa shape index (κ3) is 15.7. The summed E-state index contributed by atoms with van der Waals surface area (Å²) in [6.45, 7) is 16.1. The molecule has 0 spiro atoms. The van der Waals surface area contributed by atoms with Crippen molar-refractivity contribution in [3.8, 4) is 0 Å². The predicted octanol–water partition coefficient (Wildman–Crippen LogP) is 8.54. The molecule has 4 aromatic rings. The number of benzene rings is 4. The molecule has 2 saturated heterocycles. The first-order valence-corrected chi connectivity index (χ1v) is 21.7. The minimum atomic E-state index is -1.82. The van der Waals surface area contributed by atoms with Crippen LogP contribution in [-0.2, 0) is 32.3 Å². The molecule has 10 nitrogen and oxygen atoms in total. The fraction of sp³-hybridized carbons (Fsp3) is 0.440. The van der Waals surface area contributed by atoms with Gasteiger partial charge >= 0.3 is 11.9 Å². The fourth-order valence-electron chi connectivity index (χ4n) is 8.24. The van der Waals surface area contributed by atoms with E-state index < -0.39 is 11.9 Å². The molecular formula is C50H66N4O6. The minimum Gasteiger partial charge on any atom is -0.473 e. The van der Waals surface area contributed by atoms with Crippen LogP contribution in [0.4, 0.5) is 0 Å². The monoisotopic (exact) mass is 818 g/mol. The SMILES string of the molecule is CCC(=O)N(Cc1ccccc1)C(C)CN1CCC(c2ccccc2)CC1.CCC(=O)N(Cc1ccccc1)C(C)CN1CCC(c2ccccc2)CC1.O=C(O)C(=O)O. The standard InChI is InChI=1S/2C24H32N2O.C2H2O4/c2*1-3-24(27)26(19-21-10-6-4-7-11-21)20(2)18-25-16-14-23(15-17-25)22-12-8-5-9-13-22;3-1(4)2(5)6/h2*4-13,20,23H,3,14-19H2,1-2H3;(H,3,4)(H,5,6). The maximum atomic E-state index is 12.5. The van der Waals surface area contributed by atoms with Crippen LogP contribution < -0.4 is 0 Å². The Labute approximate surface area is 357 Å². The molecule has 4 aromatic carbocycles. The lowest BCUT2D eigenvalue weighted by atomic mass is 9.89. The van der Waals surface area contributed by atoms with Gasteiger partial charge in [-0.15, -0.1) is 0 Å². The van der Waals surface area contributed by atoms with Gasteiger partial charge in [-0.05, 0) is 99.8 Å². The normalized spacial score (nSPS) is 15.9. The number of carboxylic acid groups (broad SMARTS) is 2. The number of piperidine rings is 2. The quantitative estimate of drug-likeness (QED) is 0.122. The van der Waals surface area contributed by atoms with Crippen LogP contribution in [0.1, 0.15) is 100 Å². The summed E-state index contributed by atoms with van der Waals surface area (Å²) < 4.78 is 0. The van der Waals surface area contributed by atoms with Crippen LogP contribution in [0, 0.1) is 0 Å². The van der Waals surface area contributed by atoms with E-state index in [4.69, 9.17) is 19.8 Å². The van der Waals surface area contributed by atoms with Crippen LogP contribution in [0.5, 0.6) is 0 Å². The Morgan fingerprint density at radius 3 is 1.07 bits per heavy atom. The number of carboxylic acids is 2. The molecule has 2 aliphatic heterocycles. The number of nitrogens with zero attached hydrogens (tertiary/aromatic N) is 4. The molecule has 0 saturated carbocycles. The number of hydrogen-bond donors (Lipinski definition) is 2. The van der Waals surface area contributed by atoms with Crippen molar-refractivity contribution in [2.75, 3.05) is 39.3 Å². The topological polar surface area (TPSA) is 122 Å².